The summed E-state index contributed by atoms with van der Waals surface area (Å²) in [7, 11) is -2.07. The van der Waals surface area contributed by atoms with E-state index in [0.717, 1.165) is 35.5 Å². The Morgan fingerprint density at radius 1 is 1.00 bits per heavy atom. The molecule has 0 aromatic heterocycles. The number of ether oxygens (including phenoxy) is 2. The first-order valence-electron chi connectivity index (χ1n) is 9.77. The molecule has 0 radical (unpaired) electrons. The molecule has 1 aliphatic rings. The van der Waals surface area contributed by atoms with Crippen LogP contribution in [0.4, 0.5) is 0 Å². The number of rotatable bonds is 9. The molecule has 0 heterocycles. The van der Waals surface area contributed by atoms with Gasteiger partial charge in [0.25, 0.3) is 10.1 Å². The van der Waals surface area contributed by atoms with Crippen molar-refractivity contribution in [2.45, 2.75) is 56.4 Å². The maximum atomic E-state index is 12.2. The molecule has 0 aliphatic heterocycles. The Morgan fingerprint density at radius 2 is 1.71 bits per heavy atom. The molecule has 1 fully saturated rings. The van der Waals surface area contributed by atoms with Crippen molar-refractivity contribution in [3.8, 4) is 11.5 Å². The molecule has 0 atom stereocenters. The summed E-state index contributed by atoms with van der Waals surface area (Å²) in [6, 6.07) is 12.5. The molecule has 1 aliphatic carbocycles. The lowest BCUT2D eigenvalue weighted by Crippen LogP contribution is -2.12. The van der Waals surface area contributed by atoms with Crippen LogP contribution in [0.15, 0.2) is 47.4 Å². The van der Waals surface area contributed by atoms with Gasteiger partial charge in [0.1, 0.15) is 0 Å². The van der Waals surface area contributed by atoms with Gasteiger partial charge in [-0.05, 0) is 75.3 Å². The Hall–Kier alpha value is -2.05. The number of methoxy groups -OCH3 is 1. The Bertz CT molecular complexity index is 868. The molecule has 0 saturated heterocycles. The molecule has 0 bridgehead atoms. The fraction of sp³-hybridized carbons (Fsp3) is 0.455. The summed E-state index contributed by atoms with van der Waals surface area (Å²) < 4.78 is 41.2. The average Bonchev–Trinajstić information content (AvgIpc) is 3.19. The van der Waals surface area contributed by atoms with Crippen molar-refractivity contribution in [2.24, 2.45) is 0 Å². The van der Waals surface area contributed by atoms with Crippen molar-refractivity contribution in [3.63, 3.8) is 0 Å². The molecule has 5 nitrogen and oxygen atoms in total. The van der Waals surface area contributed by atoms with Gasteiger partial charge in [-0.2, -0.15) is 8.42 Å². The summed E-state index contributed by atoms with van der Waals surface area (Å²) in [5.41, 5.74) is 2.08. The monoisotopic (exact) mass is 404 g/mol. The Labute approximate surface area is 167 Å². The maximum absolute atomic E-state index is 12.2. The Morgan fingerprint density at radius 3 is 2.39 bits per heavy atom. The van der Waals surface area contributed by atoms with Gasteiger partial charge in [0, 0.05) is 0 Å². The zero-order chi connectivity index (χ0) is 20.0. The van der Waals surface area contributed by atoms with E-state index >= 15 is 0 Å². The third-order valence-electron chi connectivity index (χ3n) is 4.98. The van der Waals surface area contributed by atoms with E-state index in [0.29, 0.717) is 12.8 Å². The third kappa shape index (κ3) is 5.49. The van der Waals surface area contributed by atoms with Gasteiger partial charge in [-0.1, -0.05) is 23.8 Å². The smallest absolute Gasteiger partial charge is 0.296 e. The van der Waals surface area contributed by atoms with Gasteiger partial charge in [-0.25, -0.2) is 0 Å². The van der Waals surface area contributed by atoms with Crippen LogP contribution < -0.4 is 9.47 Å². The van der Waals surface area contributed by atoms with Crippen LogP contribution in [0.25, 0.3) is 0 Å². The molecule has 1 saturated carbocycles. The Kier molecular flexibility index (Phi) is 6.97. The highest BCUT2D eigenvalue weighted by atomic mass is 32.2. The van der Waals surface area contributed by atoms with Gasteiger partial charge in [0.2, 0.25) is 0 Å². The second kappa shape index (κ2) is 9.43. The highest BCUT2D eigenvalue weighted by Crippen LogP contribution is 2.32. The third-order valence-corrected chi connectivity index (χ3v) is 6.31. The Balaban J connectivity index is 1.54. The highest BCUT2D eigenvalue weighted by molar-refractivity contribution is 7.86. The molecule has 2 aromatic carbocycles. The van der Waals surface area contributed by atoms with Gasteiger partial charge in [0.15, 0.2) is 11.5 Å². The van der Waals surface area contributed by atoms with Gasteiger partial charge in [-0.15, -0.1) is 0 Å². The zero-order valence-electron chi connectivity index (χ0n) is 16.5. The quantitative estimate of drug-likeness (QED) is 0.449. The number of benzene rings is 2. The maximum Gasteiger partial charge on any atom is 0.296 e. The molecule has 0 spiro atoms. The lowest BCUT2D eigenvalue weighted by atomic mass is 10.1. The predicted molar refractivity (Wildman–Crippen MR) is 109 cm³/mol. The second-order valence-corrected chi connectivity index (χ2v) is 8.82. The fourth-order valence-electron chi connectivity index (χ4n) is 3.37. The minimum absolute atomic E-state index is 0.140. The van der Waals surface area contributed by atoms with E-state index in [4.69, 9.17) is 13.7 Å². The van der Waals surface area contributed by atoms with Gasteiger partial charge in [0.05, 0.1) is 24.7 Å². The summed E-state index contributed by atoms with van der Waals surface area (Å²) in [6.07, 6.45) is 6.14. The van der Waals surface area contributed by atoms with Crippen LogP contribution >= 0.6 is 0 Å². The van der Waals surface area contributed by atoms with E-state index in [-0.39, 0.29) is 17.6 Å². The van der Waals surface area contributed by atoms with E-state index < -0.39 is 10.1 Å². The summed E-state index contributed by atoms with van der Waals surface area (Å²) in [5.74, 6) is 1.49. The number of hydrogen-bond acceptors (Lipinski definition) is 5. The van der Waals surface area contributed by atoms with Crippen LogP contribution in [0, 0.1) is 6.92 Å². The summed E-state index contributed by atoms with van der Waals surface area (Å²) in [6.45, 7) is 2.05. The highest BCUT2D eigenvalue weighted by Gasteiger charge is 2.19. The van der Waals surface area contributed by atoms with Crippen LogP contribution in [-0.2, 0) is 20.7 Å². The molecule has 28 heavy (non-hydrogen) atoms. The van der Waals surface area contributed by atoms with Gasteiger partial charge >= 0.3 is 0 Å². The molecular weight excluding hydrogens is 376 g/mol. The fourth-order valence-corrected chi connectivity index (χ4v) is 4.32. The predicted octanol–water partition coefficient (Wildman–Crippen LogP) is 4.66. The van der Waals surface area contributed by atoms with Crippen molar-refractivity contribution in [2.75, 3.05) is 13.7 Å². The SMILES string of the molecule is COc1ccc(CCCOS(=O)(=O)c2ccc(C)cc2)cc1OC1CCCC1. The molecule has 6 heteroatoms. The van der Waals surface area contributed by atoms with E-state index in [1.165, 1.54) is 12.8 Å². The lowest BCUT2D eigenvalue weighted by Gasteiger charge is -2.17. The molecular formula is C22H28O5S. The van der Waals surface area contributed by atoms with Crippen molar-refractivity contribution in [3.05, 3.63) is 53.6 Å². The van der Waals surface area contributed by atoms with Crippen molar-refractivity contribution in [1.29, 1.82) is 0 Å². The van der Waals surface area contributed by atoms with Gasteiger partial charge < -0.3 is 9.47 Å². The van der Waals surface area contributed by atoms with E-state index in [1.807, 2.05) is 25.1 Å². The zero-order valence-corrected chi connectivity index (χ0v) is 17.3. The van der Waals surface area contributed by atoms with E-state index in [1.54, 1.807) is 31.4 Å². The van der Waals surface area contributed by atoms with Crippen molar-refractivity contribution in [1.82, 2.24) is 0 Å². The summed E-state index contributed by atoms with van der Waals surface area (Å²) in [5, 5.41) is 0. The standard InChI is InChI=1S/C22H28O5S/c1-17-9-12-20(13-10-17)28(23,24)26-15-5-6-18-11-14-21(25-2)22(16-18)27-19-7-3-4-8-19/h9-14,16,19H,3-8,15H2,1-2H3. The molecule has 3 rings (SSSR count). The minimum Gasteiger partial charge on any atom is -0.493 e. The van der Waals surface area contributed by atoms with Crippen LogP contribution in [0.2, 0.25) is 0 Å². The van der Waals surface area contributed by atoms with E-state index in [2.05, 4.69) is 0 Å². The second-order valence-electron chi connectivity index (χ2n) is 7.20. The number of hydrogen-bond donors (Lipinski definition) is 0. The number of aryl methyl sites for hydroxylation is 2. The van der Waals surface area contributed by atoms with Crippen LogP contribution in [0.5, 0.6) is 11.5 Å². The topological polar surface area (TPSA) is 61.8 Å². The molecule has 0 amide bonds. The first kappa shape index (κ1) is 20.7. The lowest BCUT2D eigenvalue weighted by molar-refractivity contribution is 0.200. The molecule has 0 N–H and O–H groups in total. The van der Waals surface area contributed by atoms with Crippen molar-refractivity contribution < 1.29 is 22.1 Å². The molecule has 152 valence electrons. The van der Waals surface area contributed by atoms with Crippen molar-refractivity contribution >= 4 is 10.1 Å². The normalized spacial score (nSPS) is 14.9. The van der Waals surface area contributed by atoms with Crippen LogP contribution in [0.1, 0.15) is 43.2 Å². The van der Waals surface area contributed by atoms with Gasteiger partial charge in [-0.3, -0.25) is 4.18 Å². The molecule has 2 aromatic rings. The summed E-state index contributed by atoms with van der Waals surface area (Å²) >= 11 is 0. The first-order valence-corrected chi connectivity index (χ1v) is 11.2. The largest absolute Gasteiger partial charge is 0.493 e. The van der Waals surface area contributed by atoms with Crippen LogP contribution in [0.3, 0.4) is 0 Å². The first-order chi connectivity index (χ1) is 13.5. The summed E-state index contributed by atoms with van der Waals surface area (Å²) in [4.78, 5) is 0.190. The van der Waals surface area contributed by atoms with Crippen LogP contribution in [-0.4, -0.2) is 28.2 Å². The van der Waals surface area contributed by atoms with E-state index in [9.17, 15) is 8.42 Å². The average molecular weight is 405 g/mol. The molecule has 0 unspecified atom stereocenters. The minimum atomic E-state index is -3.71.